The van der Waals surface area contributed by atoms with Crippen LogP contribution in [0.1, 0.15) is 67.2 Å². The van der Waals surface area contributed by atoms with E-state index in [0.29, 0.717) is 29.0 Å². The van der Waals surface area contributed by atoms with E-state index in [-0.39, 0.29) is 11.8 Å². The van der Waals surface area contributed by atoms with Crippen LogP contribution in [0.2, 0.25) is 0 Å². The summed E-state index contributed by atoms with van der Waals surface area (Å²) in [5.41, 5.74) is 1.49. The Morgan fingerprint density at radius 1 is 0.955 bits per heavy atom. The lowest BCUT2D eigenvalue weighted by molar-refractivity contribution is 0.0591. The molecule has 1 fully saturated rings. The minimum absolute atomic E-state index is 0.112. The van der Waals surface area contributed by atoms with E-state index in [1.807, 2.05) is 12.1 Å². The summed E-state index contributed by atoms with van der Waals surface area (Å²) in [6.45, 7) is 7.51. The quantitative estimate of drug-likeness (QED) is 0.770. The van der Waals surface area contributed by atoms with Gasteiger partial charge in [-0.15, -0.1) is 0 Å². The van der Waals surface area contributed by atoms with E-state index in [2.05, 4.69) is 20.8 Å². The molecule has 0 N–H and O–H groups in total. The Morgan fingerprint density at radius 3 is 1.91 bits per heavy atom. The number of nitrogens with zero attached hydrogens (tertiary/aromatic N) is 1. The first-order chi connectivity index (χ1) is 10.4. The number of hydrogen-bond donors (Lipinski definition) is 0. The van der Waals surface area contributed by atoms with E-state index in [0.717, 1.165) is 18.8 Å². The van der Waals surface area contributed by atoms with Gasteiger partial charge >= 0.3 is 0 Å². The molecule has 3 rings (SSSR count). The number of imide groups is 1. The highest BCUT2D eigenvalue weighted by molar-refractivity contribution is 6.21. The molecule has 0 saturated heterocycles. The molecule has 0 unspecified atom stereocenters. The molecular formula is C19H25NO2. The molecule has 0 spiro atoms. The van der Waals surface area contributed by atoms with Crippen LogP contribution in [0.5, 0.6) is 0 Å². The van der Waals surface area contributed by atoms with Crippen molar-refractivity contribution in [3.8, 4) is 0 Å². The van der Waals surface area contributed by atoms with E-state index >= 15 is 0 Å². The minimum atomic E-state index is -0.112. The van der Waals surface area contributed by atoms with Crippen LogP contribution in [0.3, 0.4) is 0 Å². The van der Waals surface area contributed by atoms with Crippen LogP contribution in [-0.2, 0) is 0 Å². The van der Waals surface area contributed by atoms with Crippen molar-refractivity contribution in [1.82, 2.24) is 4.90 Å². The number of amides is 2. The molecule has 22 heavy (non-hydrogen) atoms. The molecular weight excluding hydrogens is 274 g/mol. The van der Waals surface area contributed by atoms with Gasteiger partial charge in [-0.05, 0) is 55.1 Å². The van der Waals surface area contributed by atoms with Crippen LogP contribution < -0.4 is 0 Å². The van der Waals surface area contributed by atoms with E-state index in [1.54, 1.807) is 12.1 Å². The van der Waals surface area contributed by atoms with Crippen LogP contribution >= 0.6 is 0 Å². The van der Waals surface area contributed by atoms with Crippen LogP contribution in [0.4, 0.5) is 0 Å². The highest BCUT2D eigenvalue weighted by atomic mass is 16.2. The predicted octanol–water partition coefficient (Wildman–Crippen LogP) is 4.14. The first kappa shape index (κ1) is 15.3. The number of carbonyl (C=O) groups is 2. The fourth-order valence-electron chi connectivity index (χ4n) is 3.87. The number of fused-ring (bicyclic) bond motifs is 1. The van der Waals surface area contributed by atoms with Crippen LogP contribution in [0.15, 0.2) is 24.3 Å². The van der Waals surface area contributed by atoms with Crippen molar-refractivity contribution >= 4 is 11.8 Å². The van der Waals surface area contributed by atoms with Gasteiger partial charge in [0.05, 0.1) is 11.1 Å². The number of hydrogen-bond acceptors (Lipinski definition) is 2. The summed E-state index contributed by atoms with van der Waals surface area (Å²) in [4.78, 5) is 26.3. The Kier molecular flexibility index (Phi) is 3.84. The number of carbonyl (C=O) groups excluding carboxylic acids is 2. The van der Waals surface area contributed by atoms with Gasteiger partial charge in [0.15, 0.2) is 0 Å². The van der Waals surface area contributed by atoms with Gasteiger partial charge < -0.3 is 0 Å². The first-order valence-electron chi connectivity index (χ1n) is 8.33. The second-order valence-electron chi connectivity index (χ2n) is 7.85. The zero-order valence-corrected chi connectivity index (χ0v) is 13.8. The Labute approximate surface area is 132 Å². The summed E-state index contributed by atoms with van der Waals surface area (Å²) >= 11 is 0. The lowest BCUT2D eigenvalue weighted by atomic mass is 9.70. The first-order valence-corrected chi connectivity index (χ1v) is 8.33. The van der Waals surface area contributed by atoms with Crippen molar-refractivity contribution in [2.45, 2.75) is 46.5 Å². The molecule has 3 heteroatoms. The Balaban J connectivity index is 1.64. The SMILES string of the molecule is CC(C)(C)C1CCC(CN2C(=O)c3ccccc3C2=O)CC1. The smallest absolute Gasteiger partial charge is 0.261 e. The number of benzene rings is 1. The minimum Gasteiger partial charge on any atom is -0.274 e. The normalized spacial score (nSPS) is 25.5. The predicted molar refractivity (Wildman–Crippen MR) is 86.7 cm³/mol. The van der Waals surface area contributed by atoms with Crippen molar-refractivity contribution < 1.29 is 9.59 Å². The third-order valence-corrected chi connectivity index (χ3v) is 5.39. The standard InChI is InChI=1S/C19H25NO2/c1-19(2,3)14-10-8-13(9-11-14)12-20-17(21)15-6-4-5-7-16(15)18(20)22/h4-7,13-14H,8-12H2,1-3H3. The maximum atomic E-state index is 12.4. The van der Waals surface area contributed by atoms with Gasteiger partial charge in [0, 0.05) is 6.54 Å². The molecule has 0 radical (unpaired) electrons. The third kappa shape index (κ3) is 2.69. The van der Waals surface area contributed by atoms with Crippen LogP contribution in [-0.4, -0.2) is 23.3 Å². The molecule has 3 nitrogen and oxygen atoms in total. The third-order valence-electron chi connectivity index (χ3n) is 5.39. The summed E-state index contributed by atoms with van der Waals surface area (Å²) in [5.74, 6) is 0.990. The van der Waals surface area contributed by atoms with Gasteiger partial charge in [-0.25, -0.2) is 0 Å². The summed E-state index contributed by atoms with van der Waals surface area (Å²) in [5, 5.41) is 0. The summed E-state index contributed by atoms with van der Waals surface area (Å²) in [6.07, 6.45) is 4.65. The molecule has 1 aromatic rings. The molecule has 1 heterocycles. The van der Waals surface area contributed by atoms with Gasteiger partial charge in [-0.1, -0.05) is 32.9 Å². The zero-order valence-electron chi connectivity index (χ0n) is 13.8. The van der Waals surface area contributed by atoms with Gasteiger partial charge in [0.1, 0.15) is 0 Å². The molecule has 1 saturated carbocycles. The largest absolute Gasteiger partial charge is 0.274 e. The molecule has 0 bridgehead atoms. The fraction of sp³-hybridized carbons (Fsp3) is 0.579. The van der Waals surface area contributed by atoms with Crippen LogP contribution in [0.25, 0.3) is 0 Å². The molecule has 0 aromatic heterocycles. The maximum absolute atomic E-state index is 12.4. The fourth-order valence-corrected chi connectivity index (χ4v) is 3.87. The Hall–Kier alpha value is -1.64. The monoisotopic (exact) mass is 299 g/mol. The lowest BCUT2D eigenvalue weighted by Gasteiger charge is -2.37. The van der Waals surface area contributed by atoms with Gasteiger partial charge in [-0.3, -0.25) is 14.5 Å². The van der Waals surface area contributed by atoms with Gasteiger partial charge in [-0.2, -0.15) is 0 Å². The van der Waals surface area contributed by atoms with Gasteiger partial charge in [0.2, 0.25) is 0 Å². The zero-order chi connectivity index (χ0) is 15.9. The number of rotatable bonds is 2. The van der Waals surface area contributed by atoms with Gasteiger partial charge in [0.25, 0.3) is 11.8 Å². The van der Waals surface area contributed by atoms with E-state index in [1.165, 1.54) is 17.7 Å². The van der Waals surface area contributed by atoms with Crippen LogP contribution in [0, 0.1) is 17.3 Å². The summed E-state index contributed by atoms with van der Waals surface area (Å²) < 4.78 is 0. The van der Waals surface area contributed by atoms with E-state index < -0.39 is 0 Å². The Morgan fingerprint density at radius 2 is 1.45 bits per heavy atom. The second-order valence-corrected chi connectivity index (χ2v) is 7.85. The molecule has 0 atom stereocenters. The molecule has 1 aromatic carbocycles. The van der Waals surface area contributed by atoms with E-state index in [9.17, 15) is 9.59 Å². The van der Waals surface area contributed by atoms with E-state index in [4.69, 9.17) is 0 Å². The Bertz CT molecular complexity index is 557. The average Bonchev–Trinajstić information content (AvgIpc) is 2.73. The summed E-state index contributed by atoms with van der Waals surface area (Å²) in [6, 6.07) is 7.16. The molecule has 1 aliphatic heterocycles. The molecule has 2 amide bonds. The highest BCUT2D eigenvalue weighted by Crippen LogP contribution is 2.40. The second kappa shape index (κ2) is 5.53. The average molecular weight is 299 g/mol. The summed E-state index contributed by atoms with van der Waals surface area (Å²) in [7, 11) is 0. The lowest BCUT2D eigenvalue weighted by Crippen LogP contribution is -2.37. The molecule has 1 aliphatic carbocycles. The van der Waals surface area contributed by atoms with Crippen molar-refractivity contribution in [1.29, 1.82) is 0 Å². The molecule has 2 aliphatic rings. The maximum Gasteiger partial charge on any atom is 0.261 e. The highest BCUT2D eigenvalue weighted by Gasteiger charge is 2.37. The van der Waals surface area contributed by atoms with Crippen molar-refractivity contribution in [3.05, 3.63) is 35.4 Å². The van der Waals surface area contributed by atoms with Crippen molar-refractivity contribution in [2.75, 3.05) is 6.54 Å². The van der Waals surface area contributed by atoms with Crippen molar-refractivity contribution in [3.63, 3.8) is 0 Å². The topological polar surface area (TPSA) is 37.4 Å². The van der Waals surface area contributed by atoms with Crippen molar-refractivity contribution in [2.24, 2.45) is 17.3 Å². The molecule has 118 valence electrons.